The first-order valence-electron chi connectivity index (χ1n) is 11.6. The Morgan fingerprint density at radius 2 is 1.75 bits per heavy atom. The van der Waals surface area contributed by atoms with Crippen LogP contribution in [0.25, 0.3) is 0 Å². The molecule has 1 aromatic heterocycles. The smallest absolute Gasteiger partial charge is 0.315 e. The summed E-state index contributed by atoms with van der Waals surface area (Å²) >= 11 is 0. The molecule has 1 aliphatic heterocycles. The Kier molecular flexibility index (Phi) is 7.19. The van der Waals surface area contributed by atoms with E-state index in [9.17, 15) is 9.59 Å². The lowest BCUT2D eigenvalue weighted by Crippen LogP contribution is -2.50. The second-order valence-electron chi connectivity index (χ2n) is 8.52. The zero-order valence-electron chi connectivity index (χ0n) is 18.7. The Morgan fingerprint density at radius 1 is 1.03 bits per heavy atom. The van der Waals surface area contributed by atoms with Gasteiger partial charge in [0.1, 0.15) is 0 Å². The summed E-state index contributed by atoms with van der Waals surface area (Å²) in [5.41, 5.74) is 3.97. The summed E-state index contributed by atoms with van der Waals surface area (Å²) < 4.78 is 0. The lowest BCUT2D eigenvalue weighted by Gasteiger charge is -2.34. The van der Waals surface area contributed by atoms with Crippen LogP contribution in [0.5, 0.6) is 0 Å². The van der Waals surface area contributed by atoms with E-state index >= 15 is 0 Å². The van der Waals surface area contributed by atoms with Gasteiger partial charge in [-0.1, -0.05) is 18.2 Å². The van der Waals surface area contributed by atoms with E-state index in [0.717, 1.165) is 18.4 Å². The molecule has 1 atom stereocenters. The summed E-state index contributed by atoms with van der Waals surface area (Å²) in [5, 5.41) is 5.81. The molecule has 2 aromatic rings. The summed E-state index contributed by atoms with van der Waals surface area (Å²) in [6.45, 7) is 5.01. The van der Waals surface area contributed by atoms with Crippen LogP contribution in [0.15, 0.2) is 36.7 Å². The number of carbonyl (C=O) groups excluding carboxylic acids is 2. The molecule has 2 aliphatic rings. The van der Waals surface area contributed by atoms with Gasteiger partial charge in [-0.2, -0.15) is 0 Å². The summed E-state index contributed by atoms with van der Waals surface area (Å²) in [6, 6.07) is 8.00. The number of hydrogen-bond donors (Lipinski definition) is 2. The molecule has 32 heavy (non-hydrogen) atoms. The van der Waals surface area contributed by atoms with Gasteiger partial charge < -0.3 is 20.4 Å². The Labute approximate surface area is 189 Å². The minimum atomic E-state index is -0.242. The van der Waals surface area contributed by atoms with Gasteiger partial charge in [-0.05, 0) is 55.4 Å². The van der Waals surface area contributed by atoms with Gasteiger partial charge in [-0.25, -0.2) is 14.8 Å². The van der Waals surface area contributed by atoms with Gasteiger partial charge in [0.2, 0.25) is 11.9 Å². The summed E-state index contributed by atoms with van der Waals surface area (Å²) in [5.74, 6) is 0.757. The lowest BCUT2D eigenvalue weighted by molar-refractivity contribution is -0.131. The van der Waals surface area contributed by atoms with Crippen molar-refractivity contribution < 1.29 is 9.59 Å². The highest BCUT2D eigenvalue weighted by atomic mass is 16.2. The maximum Gasteiger partial charge on any atom is 0.315 e. The third-order valence-electron chi connectivity index (χ3n) is 6.31. The van der Waals surface area contributed by atoms with Crippen molar-refractivity contribution in [2.75, 3.05) is 37.6 Å². The van der Waals surface area contributed by atoms with Gasteiger partial charge in [-0.3, -0.25) is 4.79 Å². The molecule has 2 heterocycles. The van der Waals surface area contributed by atoms with E-state index in [1.165, 1.54) is 24.0 Å². The number of nitrogens with zero attached hydrogens (tertiary/aromatic N) is 4. The third-order valence-corrected chi connectivity index (χ3v) is 6.31. The van der Waals surface area contributed by atoms with Crippen LogP contribution in [0, 0.1) is 0 Å². The van der Waals surface area contributed by atoms with Gasteiger partial charge in [0.05, 0.1) is 6.04 Å². The molecule has 0 bridgehead atoms. The van der Waals surface area contributed by atoms with Crippen molar-refractivity contribution in [1.29, 1.82) is 0 Å². The number of aryl methyl sites for hydroxylation is 2. The molecule has 8 heteroatoms. The van der Waals surface area contributed by atoms with Crippen LogP contribution in [0.3, 0.4) is 0 Å². The monoisotopic (exact) mass is 436 g/mol. The molecule has 0 spiro atoms. The van der Waals surface area contributed by atoms with Crippen LogP contribution < -0.4 is 15.5 Å². The number of nitrogens with one attached hydrogen (secondary N) is 2. The molecule has 1 unspecified atom stereocenters. The highest BCUT2D eigenvalue weighted by Gasteiger charge is 2.22. The highest BCUT2D eigenvalue weighted by Crippen LogP contribution is 2.24. The first-order chi connectivity index (χ1) is 15.6. The second kappa shape index (κ2) is 10.4. The minimum Gasteiger partial charge on any atom is -0.339 e. The number of benzene rings is 1. The molecule has 3 amide bonds. The molecule has 0 saturated carbocycles. The van der Waals surface area contributed by atoms with Crippen LogP contribution in [-0.4, -0.2) is 59.5 Å². The molecule has 4 rings (SSSR count). The van der Waals surface area contributed by atoms with Crippen molar-refractivity contribution >= 4 is 17.9 Å². The van der Waals surface area contributed by atoms with E-state index in [0.29, 0.717) is 45.1 Å². The molecule has 1 aliphatic carbocycles. The number of piperazine rings is 1. The number of fused-ring (bicyclic) bond motifs is 1. The fourth-order valence-electron chi connectivity index (χ4n) is 4.41. The molecule has 2 N–H and O–H groups in total. The lowest BCUT2D eigenvalue weighted by atomic mass is 9.89. The zero-order valence-corrected chi connectivity index (χ0v) is 18.7. The predicted octanol–water partition coefficient (Wildman–Crippen LogP) is 2.45. The average molecular weight is 437 g/mol. The molecule has 1 saturated heterocycles. The number of urea groups is 1. The van der Waals surface area contributed by atoms with Gasteiger partial charge in [0.25, 0.3) is 0 Å². The van der Waals surface area contributed by atoms with Crippen molar-refractivity contribution in [3.05, 3.63) is 53.3 Å². The van der Waals surface area contributed by atoms with Crippen LogP contribution in [0.4, 0.5) is 10.7 Å². The topological polar surface area (TPSA) is 90.5 Å². The van der Waals surface area contributed by atoms with E-state index in [-0.39, 0.29) is 18.0 Å². The predicted molar refractivity (Wildman–Crippen MR) is 123 cm³/mol. The number of anilines is 1. The summed E-state index contributed by atoms with van der Waals surface area (Å²) in [6.07, 6.45) is 8.52. The fourth-order valence-corrected chi connectivity index (χ4v) is 4.41. The molecular formula is C24H32N6O2. The van der Waals surface area contributed by atoms with Crippen LogP contribution in [0.2, 0.25) is 0 Å². The first-order valence-corrected chi connectivity index (χ1v) is 11.6. The van der Waals surface area contributed by atoms with E-state index in [1.807, 2.05) is 11.8 Å². The molecule has 170 valence electrons. The van der Waals surface area contributed by atoms with Crippen LogP contribution >= 0.6 is 0 Å². The minimum absolute atomic E-state index is 0.0571. The van der Waals surface area contributed by atoms with Crippen molar-refractivity contribution in [2.24, 2.45) is 0 Å². The Bertz CT molecular complexity index is 927. The molecule has 0 radical (unpaired) electrons. The number of hydrogen-bond acceptors (Lipinski definition) is 5. The fraction of sp³-hybridized carbons (Fsp3) is 0.500. The van der Waals surface area contributed by atoms with Crippen molar-refractivity contribution in [3.63, 3.8) is 0 Å². The Morgan fingerprint density at radius 3 is 2.50 bits per heavy atom. The number of aromatic nitrogens is 2. The number of carbonyl (C=O) groups is 2. The Hall–Kier alpha value is -3.16. The van der Waals surface area contributed by atoms with E-state index in [1.54, 1.807) is 18.5 Å². The van der Waals surface area contributed by atoms with Crippen molar-refractivity contribution in [2.45, 2.75) is 45.1 Å². The molecule has 1 aromatic carbocycles. The van der Waals surface area contributed by atoms with Crippen molar-refractivity contribution in [3.8, 4) is 0 Å². The number of amides is 3. The molecule has 8 nitrogen and oxygen atoms in total. The molecular weight excluding hydrogens is 404 g/mol. The van der Waals surface area contributed by atoms with Gasteiger partial charge in [0.15, 0.2) is 0 Å². The zero-order chi connectivity index (χ0) is 22.3. The second-order valence-corrected chi connectivity index (χ2v) is 8.52. The van der Waals surface area contributed by atoms with Crippen LogP contribution in [0.1, 0.15) is 48.9 Å². The summed E-state index contributed by atoms with van der Waals surface area (Å²) in [4.78, 5) is 37.3. The maximum atomic E-state index is 12.5. The van der Waals surface area contributed by atoms with E-state index < -0.39 is 0 Å². The number of rotatable bonds is 6. The van der Waals surface area contributed by atoms with E-state index in [2.05, 4.69) is 43.7 Å². The quantitative estimate of drug-likeness (QED) is 0.726. The molecule has 1 fully saturated rings. The van der Waals surface area contributed by atoms with E-state index in [4.69, 9.17) is 0 Å². The maximum absolute atomic E-state index is 12.5. The average Bonchev–Trinajstić information content (AvgIpc) is 2.84. The van der Waals surface area contributed by atoms with Crippen molar-refractivity contribution in [1.82, 2.24) is 25.5 Å². The van der Waals surface area contributed by atoms with Gasteiger partial charge in [-0.15, -0.1) is 0 Å². The summed E-state index contributed by atoms with van der Waals surface area (Å²) in [7, 11) is 0. The SMILES string of the molecule is CC(NC(=O)NCCC(=O)N1CCN(c2ncccn2)CC1)c1ccc2c(c1)CCCC2. The van der Waals surface area contributed by atoms with Gasteiger partial charge >= 0.3 is 6.03 Å². The largest absolute Gasteiger partial charge is 0.339 e. The normalized spacial score (nSPS) is 16.8. The standard InChI is InChI=1S/C24H32N6O2/c1-18(20-8-7-19-5-2-3-6-21(19)17-20)28-24(32)27-12-9-22(31)29-13-15-30(16-14-29)23-25-10-4-11-26-23/h4,7-8,10-11,17-18H,2-3,5-6,9,12-16H2,1H3,(H2,27,28,32). The Balaban J connectivity index is 1.17. The van der Waals surface area contributed by atoms with Gasteiger partial charge in [0, 0.05) is 51.5 Å². The van der Waals surface area contributed by atoms with Crippen LogP contribution in [-0.2, 0) is 17.6 Å². The first kappa shape index (κ1) is 22.0. The highest BCUT2D eigenvalue weighted by molar-refractivity contribution is 5.78. The third kappa shape index (κ3) is 5.55.